The summed E-state index contributed by atoms with van der Waals surface area (Å²) in [5, 5.41) is 3.45. The van der Waals surface area contributed by atoms with E-state index >= 15 is 0 Å². The Morgan fingerprint density at radius 1 is 1.15 bits per heavy atom. The lowest BCUT2D eigenvalue weighted by atomic mass is 9.87. The van der Waals surface area contributed by atoms with Gasteiger partial charge in [-0.2, -0.15) is 4.98 Å². The first-order chi connectivity index (χ1) is 15.6. The fraction of sp³-hybridized carbons (Fsp3) is 0.385. The highest BCUT2D eigenvalue weighted by Gasteiger charge is 2.26. The quantitative estimate of drug-likeness (QED) is 0.444. The number of carbonyl (C=O) groups is 1. The van der Waals surface area contributed by atoms with E-state index in [9.17, 15) is 9.59 Å². The summed E-state index contributed by atoms with van der Waals surface area (Å²) in [6.45, 7) is 10.5. The monoisotopic (exact) mass is 466 g/mol. The minimum atomic E-state index is -0.499. The van der Waals surface area contributed by atoms with Crippen molar-refractivity contribution in [1.82, 2.24) is 20.3 Å². The predicted octanol–water partition coefficient (Wildman–Crippen LogP) is 5.72. The van der Waals surface area contributed by atoms with E-state index in [1.165, 1.54) is 0 Å². The number of hydrogen-bond donors (Lipinski definition) is 2. The summed E-state index contributed by atoms with van der Waals surface area (Å²) in [4.78, 5) is 36.3. The molecule has 0 bridgehead atoms. The maximum Gasteiger partial charge on any atom is 0.348 e. The molecule has 174 valence electrons. The van der Waals surface area contributed by atoms with Crippen LogP contribution in [-0.2, 0) is 11.3 Å². The highest BCUT2D eigenvalue weighted by Crippen LogP contribution is 2.28. The van der Waals surface area contributed by atoms with Gasteiger partial charge in [0.05, 0.1) is 5.02 Å². The molecule has 0 saturated carbocycles. The first-order valence-electron chi connectivity index (χ1n) is 11.3. The van der Waals surface area contributed by atoms with E-state index in [0.717, 1.165) is 29.5 Å². The summed E-state index contributed by atoms with van der Waals surface area (Å²) in [7, 11) is 0. The van der Waals surface area contributed by atoms with Gasteiger partial charge in [-0.25, -0.2) is 9.78 Å². The Bertz CT molecular complexity index is 1200. The van der Waals surface area contributed by atoms with Gasteiger partial charge >= 0.3 is 5.69 Å². The molecule has 2 N–H and O–H groups in total. The van der Waals surface area contributed by atoms with E-state index in [-0.39, 0.29) is 5.91 Å². The largest absolute Gasteiger partial charge is 0.352 e. The van der Waals surface area contributed by atoms with Gasteiger partial charge in [0.2, 0.25) is 5.91 Å². The van der Waals surface area contributed by atoms with Gasteiger partial charge in [-0.15, -0.1) is 0 Å². The zero-order chi connectivity index (χ0) is 24.2. The second kappa shape index (κ2) is 10.3. The van der Waals surface area contributed by atoms with Gasteiger partial charge in [0.1, 0.15) is 5.82 Å². The van der Waals surface area contributed by atoms with Crippen molar-refractivity contribution in [1.29, 1.82) is 0 Å². The Morgan fingerprint density at radius 3 is 2.61 bits per heavy atom. The molecule has 3 rings (SSSR count). The molecule has 0 radical (unpaired) electrons. The number of H-pyrrole nitrogens is 1. The van der Waals surface area contributed by atoms with Crippen LogP contribution in [0.25, 0.3) is 22.8 Å². The molecule has 7 heteroatoms. The standard InChI is InChI=1S/C26H31ClN4O2/c1-6-12-26(4,5)24(32)28-15-17-10-11-21(27)20(13-17)23-29-22(30-25(33)31-23)19-9-7-8-18(14-19)16(2)3/h7-11,13-14,16H,6,12,15H2,1-5H3,(H,28,32)(H,29,30,31,33). The van der Waals surface area contributed by atoms with Gasteiger partial charge in [0, 0.05) is 23.1 Å². The fourth-order valence-corrected chi connectivity index (χ4v) is 3.91. The molecule has 33 heavy (non-hydrogen) atoms. The normalized spacial score (nSPS) is 11.6. The minimum absolute atomic E-state index is 0.00335. The van der Waals surface area contributed by atoms with Crippen LogP contribution in [0, 0.1) is 5.41 Å². The van der Waals surface area contributed by atoms with Gasteiger partial charge in [0.25, 0.3) is 0 Å². The van der Waals surface area contributed by atoms with Crippen molar-refractivity contribution in [2.45, 2.75) is 59.9 Å². The summed E-state index contributed by atoms with van der Waals surface area (Å²) in [5.74, 6) is 1.02. The van der Waals surface area contributed by atoms with Crippen molar-refractivity contribution in [2.75, 3.05) is 0 Å². The number of aromatic amines is 1. The maximum atomic E-state index is 12.6. The molecule has 3 aromatic rings. The number of carbonyl (C=O) groups excluding carboxylic acids is 1. The Hall–Kier alpha value is -2.99. The molecule has 0 unspecified atom stereocenters. The summed E-state index contributed by atoms with van der Waals surface area (Å²) in [6, 6.07) is 13.3. The van der Waals surface area contributed by atoms with Crippen molar-refractivity contribution in [3.05, 3.63) is 69.1 Å². The summed E-state index contributed by atoms with van der Waals surface area (Å²) >= 11 is 6.45. The fourth-order valence-electron chi connectivity index (χ4n) is 3.70. The van der Waals surface area contributed by atoms with Crippen LogP contribution >= 0.6 is 11.6 Å². The number of benzene rings is 2. The van der Waals surface area contributed by atoms with Crippen molar-refractivity contribution >= 4 is 17.5 Å². The Balaban J connectivity index is 1.92. The van der Waals surface area contributed by atoms with Gasteiger partial charge in [-0.05, 0) is 41.7 Å². The Labute approximate surface area is 199 Å². The van der Waals surface area contributed by atoms with Crippen LogP contribution in [0.2, 0.25) is 5.02 Å². The van der Waals surface area contributed by atoms with E-state index in [1.807, 2.05) is 50.2 Å². The van der Waals surface area contributed by atoms with Crippen LogP contribution < -0.4 is 11.0 Å². The number of halogens is 1. The molecule has 1 aromatic heterocycles. The van der Waals surface area contributed by atoms with Gasteiger partial charge in [-0.3, -0.25) is 9.78 Å². The molecular formula is C26H31ClN4O2. The smallest absolute Gasteiger partial charge is 0.348 e. The molecule has 6 nitrogen and oxygen atoms in total. The van der Waals surface area contributed by atoms with Gasteiger partial charge in [0.15, 0.2) is 5.82 Å². The summed E-state index contributed by atoms with van der Waals surface area (Å²) in [6.07, 6.45) is 1.75. The number of aromatic nitrogens is 3. The SMILES string of the molecule is CCCC(C)(C)C(=O)NCc1ccc(Cl)c(-c2nc(-c3cccc(C(C)C)c3)nc(=O)[nH]2)c1. The van der Waals surface area contributed by atoms with Crippen LogP contribution in [0.3, 0.4) is 0 Å². The van der Waals surface area contributed by atoms with Crippen LogP contribution in [0.15, 0.2) is 47.3 Å². The van der Waals surface area contributed by atoms with Gasteiger partial charge in [-0.1, -0.05) is 76.9 Å². The second-order valence-corrected chi connectivity index (χ2v) is 9.64. The zero-order valence-corrected chi connectivity index (χ0v) is 20.6. The molecule has 0 atom stereocenters. The number of hydrogen-bond acceptors (Lipinski definition) is 4. The lowest BCUT2D eigenvalue weighted by molar-refractivity contribution is -0.129. The Morgan fingerprint density at radius 2 is 1.91 bits per heavy atom. The van der Waals surface area contributed by atoms with Crippen molar-refractivity contribution in [3.8, 4) is 22.8 Å². The average Bonchev–Trinajstić information content (AvgIpc) is 2.77. The molecule has 0 saturated heterocycles. The summed E-state index contributed by atoms with van der Waals surface area (Å²) in [5.41, 5.74) is 2.42. The van der Waals surface area contributed by atoms with Crippen LogP contribution in [0.4, 0.5) is 0 Å². The van der Waals surface area contributed by atoms with E-state index in [0.29, 0.717) is 34.7 Å². The molecule has 0 aliphatic carbocycles. The molecule has 2 aromatic carbocycles. The third-order valence-corrected chi connectivity index (χ3v) is 6.02. The highest BCUT2D eigenvalue weighted by atomic mass is 35.5. The lowest BCUT2D eigenvalue weighted by Crippen LogP contribution is -2.36. The van der Waals surface area contributed by atoms with E-state index in [2.05, 4.69) is 41.0 Å². The lowest BCUT2D eigenvalue weighted by Gasteiger charge is -2.23. The van der Waals surface area contributed by atoms with E-state index < -0.39 is 11.1 Å². The predicted molar refractivity (Wildman–Crippen MR) is 133 cm³/mol. The van der Waals surface area contributed by atoms with Crippen molar-refractivity contribution in [2.24, 2.45) is 5.41 Å². The molecular weight excluding hydrogens is 436 g/mol. The maximum absolute atomic E-state index is 12.6. The summed E-state index contributed by atoms with van der Waals surface area (Å²) < 4.78 is 0. The first-order valence-corrected chi connectivity index (χ1v) is 11.6. The Kier molecular flexibility index (Phi) is 7.69. The first kappa shape index (κ1) is 24.6. The minimum Gasteiger partial charge on any atom is -0.352 e. The van der Waals surface area contributed by atoms with E-state index in [1.54, 1.807) is 6.07 Å². The van der Waals surface area contributed by atoms with Crippen molar-refractivity contribution < 1.29 is 4.79 Å². The van der Waals surface area contributed by atoms with Crippen molar-refractivity contribution in [3.63, 3.8) is 0 Å². The number of nitrogens with zero attached hydrogens (tertiary/aromatic N) is 2. The topological polar surface area (TPSA) is 87.7 Å². The van der Waals surface area contributed by atoms with Crippen LogP contribution in [-0.4, -0.2) is 20.9 Å². The van der Waals surface area contributed by atoms with Crippen LogP contribution in [0.5, 0.6) is 0 Å². The zero-order valence-electron chi connectivity index (χ0n) is 19.8. The average molecular weight is 467 g/mol. The second-order valence-electron chi connectivity index (χ2n) is 9.24. The molecule has 0 aliphatic rings. The number of nitrogens with one attached hydrogen (secondary N) is 2. The molecule has 1 amide bonds. The third-order valence-electron chi connectivity index (χ3n) is 5.69. The number of amides is 1. The van der Waals surface area contributed by atoms with E-state index in [4.69, 9.17) is 11.6 Å². The molecule has 0 fully saturated rings. The van der Waals surface area contributed by atoms with Crippen LogP contribution in [0.1, 0.15) is 64.5 Å². The molecule has 1 heterocycles. The molecule has 0 aliphatic heterocycles. The van der Waals surface area contributed by atoms with Gasteiger partial charge < -0.3 is 5.32 Å². The highest BCUT2D eigenvalue weighted by molar-refractivity contribution is 6.33. The molecule has 0 spiro atoms. The third kappa shape index (κ3) is 6.08. The number of rotatable bonds is 8.